The summed E-state index contributed by atoms with van der Waals surface area (Å²) >= 11 is 0. The molecule has 0 spiro atoms. The first-order valence-corrected chi connectivity index (χ1v) is 9.85. The Hall–Kier alpha value is -2.69. The lowest BCUT2D eigenvalue weighted by molar-refractivity contribution is -0.152. The van der Waals surface area contributed by atoms with Crippen LogP contribution in [0.25, 0.3) is 11.3 Å². The van der Waals surface area contributed by atoms with Crippen LogP contribution in [0, 0.1) is 12.8 Å². The van der Waals surface area contributed by atoms with Gasteiger partial charge in [0.15, 0.2) is 0 Å². The monoisotopic (exact) mass is 378 g/mol. The Balaban J connectivity index is 1.73. The molecule has 0 N–H and O–H groups in total. The van der Waals surface area contributed by atoms with Crippen molar-refractivity contribution in [1.82, 2.24) is 0 Å². The molecule has 0 saturated heterocycles. The Morgan fingerprint density at radius 2 is 1.82 bits per heavy atom. The molecule has 28 heavy (non-hydrogen) atoms. The molecule has 3 aliphatic rings. The molecule has 5 heteroatoms. The minimum atomic E-state index is -0.544. The van der Waals surface area contributed by atoms with Crippen molar-refractivity contribution in [3.63, 3.8) is 0 Å². The maximum atomic E-state index is 13.2. The zero-order valence-corrected chi connectivity index (χ0v) is 16.3. The van der Waals surface area contributed by atoms with Crippen LogP contribution in [-0.4, -0.2) is 17.5 Å². The molecule has 3 aliphatic carbocycles. The normalized spacial score (nSPS) is 22.3. The number of furan rings is 1. The highest BCUT2D eigenvalue weighted by molar-refractivity contribution is 6.53. The molecular formula is C23H22O5. The van der Waals surface area contributed by atoms with Crippen LogP contribution in [0.2, 0.25) is 0 Å². The number of hydrogen-bond acceptors (Lipinski definition) is 5. The van der Waals surface area contributed by atoms with Crippen molar-refractivity contribution in [2.24, 2.45) is 5.92 Å². The number of hydrogen-bond donors (Lipinski definition) is 0. The summed E-state index contributed by atoms with van der Waals surface area (Å²) in [6.45, 7) is 6.00. The number of carbonyl (C=O) groups excluding carboxylic acids is 3. The summed E-state index contributed by atoms with van der Waals surface area (Å²) in [5.41, 5.74) is 3.48. The van der Waals surface area contributed by atoms with Crippen LogP contribution in [0.5, 0.6) is 0 Å². The van der Waals surface area contributed by atoms with E-state index in [0.717, 1.165) is 24.8 Å². The van der Waals surface area contributed by atoms with E-state index >= 15 is 0 Å². The van der Waals surface area contributed by atoms with E-state index in [1.165, 1.54) is 6.26 Å². The molecule has 2 aromatic rings. The summed E-state index contributed by atoms with van der Waals surface area (Å²) in [6, 6.07) is 3.86. The minimum absolute atomic E-state index is 0.0189. The predicted molar refractivity (Wildman–Crippen MR) is 101 cm³/mol. The van der Waals surface area contributed by atoms with E-state index in [1.807, 2.05) is 12.1 Å². The smallest absolute Gasteiger partial charge is 0.309 e. The summed E-state index contributed by atoms with van der Waals surface area (Å²) < 4.78 is 11.5. The van der Waals surface area contributed by atoms with E-state index in [0.29, 0.717) is 40.0 Å². The molecule has 5 nitrogen and oxygen atoms in total. The molecular weight excluding hydrogens is 356 g/mol. The van der Waals surface area contributed by atoms with Gasteiger partial charge in [0.05, 0.1) is 17.7 Å². The van der Waals surface area contributed by atoms with Crippen LogP contribution in [0.1, 0.15) is 83.0 Å². The summed E-state index contributed by atoms with van der Waals surface area (Å²) in [5, 5.41) is 0. The number of Topliss-reactive ketones (excluding diaryl/α,β-unsaturated/α-hetero) is 2. The lowest BCUT2D eigenvalue weighted by Gasteiger charge is -2.38. The van der Waals surface area contributed by atoms with Crippen molar-refractivity contribution in [2.45, 2.75) is 58.0 Å². The average molecular weight is 378 g/mol. The van der Waals surface area contributed by atoms with Crippen LogP contribution >= 0.6 is 0 Å². The number of benzene rings is 1. The first kappa shape index (κ1) is 17.4. The van der Waals surface area contributed by atoms with Crippen molar-refractivity contribution in [1.29, 1.82) is 0 Å². The molecule has 1 saturated carbocycles. The van der Waals surface area contributed by atoms with Crippen molar-refractivity contribution in [2.75, 3.05) is 0 Å². The Bertz CT molecular complexity index is 1050. The SMILES string of the molecule is Cc1coc2c1C(=O)C(=O)c1c-2ccc2c1C(OC(=O)C1CC1)CCC2(C)C. The lowest BCUT2D eigenvalue weighted by Crippen LogP contribution is -2.33. The lowest BCUT2D eigenvalue weighted by atomic mass is 9.68. The van der Waals surface area contributed by atoms with Crippen LogP contribution in [0.15, 0.2) is 22.8 Å². The molecule has 0 radical (unpaired) electrons. The number of ether oxygens (including phenoxy) is 1. The van der Waals surface area contributed by atoms with E-state index in [2.05, 4.69) is 13.8 Å². The Labute approximate surface area is 163 Å². The van der Waals surface area contributed by atoms with Gasteiger partial charge in [0, 0.05) is 16.7 Å². The average Bonchev–Trinajstić information content (AvgIpc) is 3.44. The van der Waals surface area contributed by atoms with Crippen LogP contribution in [0.3, 0.4) is 0 Å². The number of fused-ring (bicyclic) bond motifs is 5. The second-order valence-corrected chi connectivity index (χ2v) is 8.85. The Morgan fingerprint density at radius 1 is 1.11 bits per heavy atom. The van der Waals surface area contributed by atoms with Gasteiger partial charge in [0.25, 0.3) is 0 Å². The Morgan fingerprint density at radius 3 is 2.54 bits per heavy atom. The summed E-state index contributed by atoms with van der Waals surface area (Å²) in [4.78, 5) is 38.4. The molecule has 1 atom stereocenters. The molecule has 0 aliphatic heterocycles. The third-order valence-corrected chi connectivity index (χ3v) is 6.38. The van der Waals surface area contributed by atoms with Gasteiger partial charge < -0.3 is 9.15 Å². The zero-order chi connectivity index (χ0) is 19.8. The van der Waals surface area contributed by atoms with E-state index in [9.17, 15) is 14.4 Å². The van der Waals surface area contributed by atoms with E-state index in [-0.39, 0.29) is 17.3 Å². The van der Waals surface area contributed by atoms with Gasteiger partial charge in [0.2, 0.25) is 11.6 Å². The first-order chi connectivity index (χ1) is 13.3. The van der Waals surface area contributed by atoms with Gasteiger partial charge in [-0.1, -0.05) is 26.0 Å². The van der Waals surface area contributed by atoms with Crippen LogP contribution in [-0.2, 0) is 14.9 Å². The predicted octanol–water partition coefficient (Wildman–Crippen LogP) is 4.70. The van der Waals surface area contributed by atoms with Crippen LogP contribution < -0.4 is 0 Å². The molecule has 0 amide bonds. The second-order valence-electron chi connectivity index (χ2n) is 8.85. The first-order valence-electron chi connectivity index (χ1n) is 9.85. The molecule has 0 bridgehead atoms. The van der Waals surface area contributed by atoms with Gasteiger partial charge >= 0.3 is 5.97 Å². The number of rotatable bonds is 2. The molecule has 1 fully saturated rings. The Kier molecular flexibility index (Phi) is 3.52. The van der Waals surface area contributed by atoms with Gasteiger partial charge in [-0.25, -0.2) is 0 Å². The largest absolute Gasteiger partial charge is 0.463 e. The van der Waals surface area contributed by atoms with Crippen molar-refractivity contribution in [3.05, 3.63) is 46.2 Å². The fourth-order valence-corrected chi connectivity index (χ4v) is 4.57. The molecule has 1 heterocycles. The van der Waals surface area contributed by atoms with E-state index in [4.69, 9.17) is 9.15 Å². The maximum absolute atomic E-state index is 13.2. The standard InChI is InChI=1S/C23H22O5/c1-11-10-27-21-13-6-7-14-18(17(13)20(25)19(24)16(11)21)15(8-9-23(14,2)3)28-22(26)12-4-5-12/h6-7,10,12,15H,4-5,8-9H2,1-3H3. The molecule has 144 valence electrons. The van der Waals surface area contributed by atoms with Crippen molar-refractivity contribution < 1.29 is 23.5 Å². The third-order valence-electron chi connectivity index (χ3n) is 6.38. The molecule has 1 aromatic carbocycles. The highest BCUT2D eigenvalue weighted by atomic mass is 16.5. The van der Waals surface area contributed by atoms with Gasteiger partial charge in [0.1, 0.15) is 11.9 Å². The zero-order valence-electron chi connectivity index (χ0n) is 16.3. The second kappa shape index (κ2) is 5.66. The number of carbonyl (C=O) groups is 3. The molecule has 5 rings (SSSR count). The third kappa shape index (κ3) is 2.35. The van der Waals surface area contributed by atoms with Gasteiger partial charge in [-0.15, -0.1) is 0 Å². The van der Waals surface area contributed by atoms with Crippen LogP contribution in [0.4, 0.5) is 0 Å². The van der Waals surface area contributed by atoms with E-state index < -0.39 is 17.7 Å². The number of aryl methyl sites for hydroxylation is 1. The van der Waals surface area contributed by atoms with E-state index in [1.54, 1.807) is 6.92 Å². The maximum Gasteiger partial charge on any atom is 0.309 e. The van der Waals surface area contributed by atoms with Crippen molar-refractivity contribution in [3.8, 4) is 11.3 Å². The summed E-state index contributed by atoms with van der Waals surface area (Å²) in [6.07, 6.45) is 4.22. The minimum Gasteiger partial charge on any atom is -0.463 e. The highest BCUT2D eigenvalue weighted by Gasteiger charge is 2.44. The highest BCUT2D eigenvalue weighted by Crippen LogP contribution is 2.49. The van der Waals surface area contributed by atoms with Crippen molar-refractivity contribution >= 4 is 17.5 Å². The summed E-state index contributed by atoms with van der Waals surface area (Å²) in [5.74, 6) is -0.852. The molecule has 1 unspecified atom stereocenters. The number of esters is 1. The summed E-state index contributed by atoms with van der Waals surface area (Å²) in [7, 11) is 0. The van der Waals surface area contributed by atoms with Gasteiger partial charge in [-0.05, 0) is 49.1 Å². The quantitative estimate of drug-likeness (QED) is 0.559. The molecule has 1 aromatic heterocycles. The van der Waals surface area contributed by atoms with Gasteiger partial charge in [-0.2, -0.15) is 0 Å². The fourth-order valence-electron chi connectivity index (χ4n) is 4.57. The number of ketones is 2. The van der Waals surface area contributed by atoms with Gasteiger partial charge in [-0.3, -0.25) is 14.4 Å². The topological polar surface area (TPSA) is 73.6 Å². The fraction of sp³-hybridized carbons (Fsp3) is 0.435.